The molecule has 0 unspecified atom stereocenters. The zero-order valence-electron chi connectivity index (χ0n) is 12.9. The van der Waals surface area contributed by atoms with E-state index in [0.29, 0.717) is 12.8 Å². The van der Waals surface area contributed by atoms with Crippen LogP contribution in [0.4, 0.5) is 0 Å². The number of fused-ring (bicyclic) bond motifs is 1. The van der Waals surface area contributed by atoms with Crippen LogP contribution in [0.1, 0.15) is 65.8 Å². The van der Waals surface area contributed by atoms with Crippen LogP contribution in [0.25, 0.3) is 0 Å². The van der Waals surface area contributed by atoms with Gasteiger partial charge in [-0.1, -0.05) is 6.42 Å². The molecule has 116 valence electrons. The molecule has 5 heteroatoms. The van der Waals surface area contributed by atoms with Gasteiger partial charge in [0, 0.05) is 36.3 Å². The summed E-state index contributed by atoms with van der Waals surface area (Å²) in [6, 6.07) is 0. The van der Waals surface area contributed by atoms with E-state index in [2.05, 4.69) is 11.5 Å². The lowest BCUT2D eigenvalue weighted by Gasteiger charge is -2.16. The Kier molecular flexibility index (Phi) is 5.17. The highest BCUT2D eigenvalue weighted by Gasteiger charge is 2.25. The van der Waals surface area contributed by atoms with E-state index in [1.54, 1.807) is 5.48 Å². The summed E-state index contributed by atoms with van der Waals surface area (Å²) in [4.78, 5) is 23.0. The highest BCUT2D eigenvalue weighted by atomic mass is 16.5. The Balaban J connectivity index is 1.96. The molecule has 0 atom stereocenters. The topological polar surface area (TPSA) is 71.3 Å². The Morgan fingerprint density at radius 1 is 1.24 bits per heavy atom. The number of Topliss-reactive ketones (excluding diaryl/α,β-unsaturated/α-hetero) is 1. The van der Waals surface area contributed by atoms with E-state index in [1.807, 2.05) is 6.92 Å². The molecule has 2 rings (SSSR count). The van der Waals surface area contributed by atoms with Crippen LogP contribution < -0.4 is 5.48 Å². The second-order valence-corrected chi connectivity index (χ2v) is 5.81. The third-order valence-electron chi connectivity index (χ3n) is 4.44. The van der Waals surface area contributed by atoms with Crippen molar-refractivity contribution in [3.8, 4) is 0 Å². The molecule has 0 saturated heterocycles. The van der Waals surface area contributed by atoms with Crippen molar-refractivity contribution in [1.29, 1.82) is 0 Å². The van der Waals surface area contributed by atoms with E-state index >= 15 is 0 Å². The van der Waals surface area contributed by atoms with Gasteiger partial charge in [-0.15, -0.1) is 0 Å². The standard InChI is InChI=1S/C16H24N2O3/c1-11-12(2)18(10-5-3-4-9-15(20)17-21)13-7-6-8-14(19)16(11)13/h21H,3-10H2,1-2H3,(H,17,20). The SMILES string of the molecule is Cc1c2c(n(CCCCCC(=O)NO)c1C)CCCC2=O. The summed E-state index contributed by atoms with van der Waals surface area (Å²) in [5.74, 6) is -0.0406. The maximum Gasteiger partial charge on any atom is 0.243 e. The number of hydroxylamine groups is 1. The molecule has 1 aliphatic carbocycles. The number of unbranched alkanes of at least 4 members (excludes halogenated alkanes) is 2. The van der Waals surface area contributed by atoms with E-state index in [-0.39, 0.29) is 11.7 Å². The van der Waals surface area contributed by atoms with Gasteiger partial charge < -0.3 is 4.57 Å². The molecule has 1 aromatic rings. The number of aromatic nitrogens is 1. The number of hydrogen-bond acceptors (Lipinski definition) is 3. The van der Waals surface area contributed by atoms with Gasteiger partial charge in [-0.2, -0.15) is 0 Å². The van der Waals surface area contributed by atoms with Crippen LogP contribution in [-0.4, -0.2) is 21.5 Å². The van der Waals surface area contributed by atoms with Gasteiger partial charge >= 0.3 is 0 Å². The van der Waals surface area contributed by atoms with Gasteiger partial charge in [0.1, 0.15) is 0 Å². The van der Waals surface area contributed by atoms with Gasteiger partial charge in [0.25, 0.3) is 0 Å². The lowest BCUT2D eigenvalue weighted by Crippen LogP contribution is -2.17. The van der Waals surface area contributed by atoms with Crippen LogP contribution >= 0.6 is 0 Å². The predicted octanol–water partition coefficient (Wildman–Crippen LogP) is 2.69. The summed E-state index contributed by atoms with van der Waals surface area (Å²) in [6.45, 7) is 5.02. The van der Waals surface area contributed by atoms with Crippen LogP contribution in [0.3, 0.4) is 0 Å². The van der Waals surface area contributed by atoms with Crippen LogP contribution in [-0.2, 0) is 17.8 Å². The smallest absolute Gasteiger partial charge is 0.243 e. The third kappa shape index (κ3) is 3.35. The maximum atomic E-state index is 12.1. The summed E-state index contributed by atoms with van der Waals surface area (Å²) in [6.07, 6.45) is 5.66. The molecule has 0 radical (unpaired) electrons. The van der Waals surface area contributed by atoms with E-state index < -0.39 is 0 Å². The van der Waals surface area contributed by atoms with Gasteiger partial charge in [-0.25, -0.2) is 5.48 Å². The zero-order valence-corrected chi connectivity index (χ0v) is 12.9. The number of nitrogens with one attached hydrogen (secondary N) is 1. The van der Waals surface area contributed by atoms with Gasteiger partial charge in [-0.05, 0) is 45.1 Å². The molecule has 0 fully saturated rings. The summed E-state index contributed by atoms with van der Waals surface area (Å²) >= 11 is 0. The fourth-order valence-electron chi connectivity index (χ4n) is 3.20. The van der Waals surface area contributed by atoms with Crippen LogP contribution in [0.15, 0.2) is 0 Å². The maximum absolute atomic E-state index is 12.1. The minimum absolute atomic E-state index is 0.287. The largest absolute Gasteiger partial charge is 0.348 e. The van der Waals surface area contributed by atoms with Crippen molar-refractivity contribution in [3.63, 3.8) is 0 Å². The summed E-state index contributed by atoms with van der Waals surface area (Å²) < 4.78 is 2.29. The Hall–Kier alpha value is -1.62. The number of ketones is 1. The monoisotopic (exact) mass is 292 g/mol. The molecule has 0 saturated carbocycles. The molecular formula is C16H24N2O3. The first-order valence-electron chi connectivity index (χ1n) is 7.71. The number of nitrogens with zero attached hydrogens (tertiary/aromatic N) is 1. The molecule has 1 heterocycles. The molecule has 21 heavy (non-hydrogen) atoms. The van der Waals surface area contributed by atoms with Gasteiger partial charge in [0.15, 0.2) is 5.78 Å². The van der Waals surface area contributed by atoms with Crippen molar-refractivity contribution in [1.82, 2.24) is 10.0 Å². The van der Waals surface area contributed by atoms with Crippen molar-refractivity contribution in [2.24, 2.45) is 0 Å². The van der Waals surface area contributed by atoms with Gasteiger partial charge in [-0.3, -0.25) is 14.8 Å². The highest BCUT2D eigenvalue weighted by Crippen LogP contribution is 2.29. The molecule has 0 bridgehead atoms. The lowest BCUT2D eigenvalue weighted by atomic mass is 9.94. The number of amides is 1. The number of carbonyl (C=O) groups excluding carboxylic acids is 2. The Labute approximate surface area is 125 Å². The van der Waals surface area contributed by atoms with Crippen molar-refractivity contribution < 1.29 is 14.8 Å². The first-order valence-corrected chi connectivity index (χ1v) is 7.71. The van der Waals surface area contributed by atoms with Crippen LogP contribution in [0.2, 0.25) is 0 Å². The molecule has 0 aliphatic heterocycles. The Morgan fingerprint density at radius 3 is 2.71 bits per heavy atom. The molecule has 5 nitrogen and oxygen atoms in total. The first kappa shape index (κ1) is 15.8. The summed E-state index contributed by atoms with van der Waals surface area (Å²) in [7, 11) is 0. The number of hydrogen-bond donors (Lipinski definition) is 2. The first-order chi connectivity index (χ1) is 10.1. The molecule has 2 N–H and O–H groups in total. The van der Waals surface area contributed by atoms with E-state index in [0.717, 1.165) is 49.8 Å². The second kappa shape index (κ2) is 6.89. The lowest BCUT2D eigenvalue weighted by molar-refractivity contribution is -0.129. The molecule has 1 aromatic heterocycles. The fourth-order valence-corrected chi connectivity index (χ4v) is 3.20. The minimum Gasteiger partial charge on any atom is -0.348 e. The molecular weight excluding hydrogens is 268 g/mol. The third-order valence-corrected chi connectivity index (χ3v) is 4.44. The summed E-state index contributed by atoms with van der Waals surface area (Å²) in [5.41, 5.74) is 6.14. The summed E-state index contributed by atoms with van der Waals surface area (Å²) in [5, 5.41) is 8.43. The second-order valence-electron chi connectivity index (χ2n) is 5.81. The van der Waals surface area contributed by atoms with E-state index in [4.69, 9.17) is 5.21 Å². The highest BCUT2D eigenvalue weighted by molar-refractivity contribution is 6.00. The average molecular weight is 292 g/mol. The van der Waals surface area contributed by atoms with Crippen molar-refractivity contribution in [2.75, 3.05) is 0 Å². The Bertz CT molecular complexity index is 546. The number of carbonyl (C=O) groups is 2. The van der Waals surface area contributed by atoms with Crippen molar-refractivity contribution >= 4 is 11.7 Å². The fraction of sp³-hybridized carbons (Fsp3) is 0.625. The normalized spacial score (nSPS) is 14.1. The number of rotatable bonds is 6. The quantitative estimate of drug-likeness (QED) is 0.481. The molecule has 0 spiro atoms. The molecule has 1 aliphatic rings. The van der Waals surface area contributed by atoms with E-state index in [1.165, 1.54) is 11.4 Å². The molecule has 1 amide bonds. The van der Waals surface area contributed by atoms with Crippen LogP contribution in [0.5, 0.6) is 0 Å². The predicted molar refractivity (Wildman–Crippen MR) is 79.6 cm³/mol. The minimum atomic E-state index is -0.328. The van der Waals surface area contributed by atoms with Gasteiger partial charge in [0.05, 0.1) is 0 Å². The van der Waals surface area contributed by atoms with Gasteiger partial charge in [0.2, 0.25) is 5.91 Å². The van der Waals surface area contributed by atoms with Crippen molar-refractivity contribution in [3.05, 3.63) is 22.5 Å². The van der Waals surface area contributed by atoms with E-state index in [9.17, 15) is 9.59 Å². The van der Waals surface area contributed by atoms with Crippen molar-refractivity contribution in [2.45, 2.75) is 65.3 Å². The molecule has 0 aromatic carbocycles. The zero-order chi connectivity index (χ0) is 15.4. The Morgan fingerprint density at radius 2 is 2.00 bits per heavy atom. The average Bonchev–Trinajstić information content (AvgIpc) is 2.72. The van der Waals surface area contributed by atoms with Crippen LogP contribution in [0, 0.1) is 13.8 Å².